The third-order valence-corrected chi connectivity index (χ3v) is 1.48. The molecule has 68 valence electrons. The second-order valence-electron chi connectivity index (χ2n) is 2.34. The van der Waals surface area contributed by atoms with Crippen molar-refractivity contribution >= 4 is 12.2 Å². The summed E-state index contributed by atoms with van der Waals surface area (Å²) in [6.45, 7) is 0. The Morgan fingerprint density at radius 1 is 1.31 bits per heavy atom. The molecule has 13 heavy (non-hydrogen) atoms. The van der Waals surface area contributed by atoms with E-state index in [9.17, 15) is 18.4 Å². The van der Waals surface area contributed by atoms with E-state index in [0.29, 0.717) is 0 Å². The lowest BCUT2D eigenvalue weighted by molar-refractivity contribution is 0.0998. The number of carbonyl (C=O) groups excluding carboxylic acids is 2. The van der Waals surface area contributed by atoms with Crippen molar-refractivity contribution in [2.45, 2.75) is 0 Å². The zero-order chi connectivity index (χ0) is 10.0. The van der Waals surface area contributed by atoms with Crippen LogP contribution in [0.15, 0.2) is 12.1 Å². The van der Waals surface area contributed by atoms with Gasteiger partial charge in [-0.2, -0.15) is 0 Å². The molecular formula is C8H5F2NO2. The number of amides is 1. The average molecular weight is 185 g/mol. The van der Waals surface area contributed by atoms with Gasteiger partial charge in [-0.15, -0.1) is 0 Å². The van der Waals surface area contributed by atoms with E-state index in [0.717, 1.165) is 12.1 Å². The maximum Gasteiger partial charge on any atom is 0.248 e. The van der Waals surface area contributed by atoms with Gasteiger partial charge in [-0.25, -0.2) is 8.78 Å². The topological polar surface area (TPSA) is 60.2 Å². The van der Waals surface area contributed by atoms with Gasteiger partial charge in [-0.05, 0) is 12.1 Å². The molecule has 0 saturated carbocycles. The number of halogens is 2. The Morgan fingerprint density at radius 3 is 2.08 bits per heavy atom. The van der Waals surface area contributed by atoms with Crippen molar-refractivity contribution in [2.75, 3.05) is 0 Å². The number of benzene rings is 1. The van der Waals surface area contributed by atoms with Crippen LogP contribution in [0.4, 0.5) is 8.78 Å². The van der Waals surface area contributed by atoms with E-state index in [2.05, 4.69) is 0 Å². The minimum absolute atomic E-state index is 0.0371. The first-order valence-corrected chi connectivity index (χ1v) is 3.30. The first-order valence-electron chi connectivity index (χ1n) is 3.30. The fourth-order valence-electron chi connectivity index (χ4n) is 0.839. The van der Waals surface area contributed by atoms with E-state index in [4.69, 9.17) is 5.73 Å². The molecule has 0 aliphatic carbocycles. The van der Waals surface area contributed by atoms with Crippen molar-refractivity contribution in [2.24, 2.45) is 5.73 Å². The summed E-state index contributed by atoms with van der Waals surface area (Å²) in [4.78, 5) is 20.6. The van der Waals surface area contributed by atoms with Crippen molar-refractivity contribution in [3.8, 4) is 0 Å². The van der Waals surface area contributed by atoms with E-state index >= 15 is 0 Å². The number of hydrogen-bond donors (Lipinski definition) is 1. The van der Waals surface area contributed by atoms with Crippen LogP contribution in [-0.4, -0.2) is 12.2 Å². The quantitative estimate of drug-likeness (QED) is 0.695. The summed E-state index contributed by atoms with van der Waals surface area (Å²) >= 11 is 0. The Morgan fingerprint density at radius 2 is 1.77 bits per heavy atom. The average Bonchev–Trinajstić information content (AvgIpc) is 2.03. The number of primary amides is 1. The molecule has 0 bridgehead atoms. The van der Waals surface area contributed by atoms with Crippen molar-refractivity contribution in [3.63, 3.8) is 0 Å². The highest BCUT2D eigenvalue weighted by Crippen LogP contribution is 2.12. The number of rotatable bonds is 2. The van der Waals surface area contributed by atoms with Gasteiger partial charge in [0.05, 0.1) is 5.56 Å². The predicted molar refractivity (Wildman–Crippen MR) is 40.3 cm³/mol. The molecule has 1 aromatic rings. The number of hydrogen-bond acceptors (Lipinski definition) is 2. The highest BCUT2D eigenvalue weighted by molar-refractivity contribution is 5.93. The smallest absolute Gasteiger partial charge is 0.248 e. The minimum atomic E-state index is -1.09. The SMILES string of the molecule is NC(=O)c1cc(F)c(C=O)c(F)c1. The van der Waals surface area contributed by atoms with Gasteiger partial charge in [0.1, 0.15) is 11.6 Å². The molecule has 0 radical (unpaired) electrons. The largest absolute Gasteiger partial charge is 0.366 e. The van der Waals surface area contributed by atoms with Crippen molar-refractivity contribution in [1.82, 2.24) is 0 Å². The van der Waals surface area contributed by atoms with Gasteiger partial charge in [0.15, 0.2) is 6.29 Å². The van der Waals surface area contributed by atoms with Crippen LogP contribution < -0.4 is 5.73 Å². The summed E-state index contributed by atoms with van der Waals surface area (Å²) in [5, 5.41) is 0. The molecule has 0 atom stereocenters. The molecule has 0 heterocycles. The van der Waals surface area contributed by atoms with Gasteiger partial charge >= 0.3 is 0 Å². The van der Waals surface area contributed by atoms with Crippen molar-refractivity contribution in [3.05, 3.63) is 34.9 Å². The molecule has 0 aliphatic rings. The van der Waals surface area contributed by atoms with Crippen LogP contribution in [0.3, 0.4) is 0 Å². The van der Waals surface area contributed by atoms with E-state index in [-0.39, 0.29) is 11.8 Å². The molecule has 0 saturated heterocycles. The maximum atomic E-state index is 12.8. The van der Waals surface area contributed by atoms with Crippen LogP contribution in [0.25, 0.3) is 0 Å². The van der Waals surface area contributed by atoms with Gasteiger partial charge < -0.3 is 5.73 Å². The number of aldehydes is 1. The molecule has 1 rings (SSSR count). The van der Waals surface area contributed by atoms with Gasteiger partial charge in [0.25, 0.3) is 0 Å². The summed E-state index contributed by atoms with van der Waals surface area (Å²) in [6.07, 6.45) is 0.0371. The van der Waals surface area contributed by atoms with Crippen LogP contribution in [0.1, 0.15) is 20.7 Å². The summed E-state index contributed by atoms with van der Waals surface area (Å²) in [6, 6.07) is 1.43. The second kappa shape index (κ2) is 3.30. The number of nitrogens with two attached hydrogens (primary N) is 1. The zero-order valence-electron chi connectivity index (χ0n) is 6.38. The molecule has 2 N–H and O–H groups in total. The molecule has 0 unspecified atom stereocenters. The van der Waals surface area contributed by atoms with Crippen LogP contribution in [0.2, 0.25) is 0 Å². The molecule has 0 fully saturated rings. The predicted octanol–water partition coefficient (Wildman–Crippen LogP) is 0.876. The van der Waals surface area contributed by atoms with E-state index in [1.165, 1.54) is 0 Å². The third kappa shape index (κ3) is 1.69. The first-order chi connectivity index (χ1) is 6.06. The standard InChI is InChI=1S/C8H5F2NO2/c9-6-1-4(8(11)13)2-7(10)5(6)3-12/h1-3H,(H2,11,13). The molecule has 1 amide bonds. The second-order valence-corrected chi connectivity index (χ2v) is 2.34. The van der Waals surface area contributed by atoms with Gasteiger partial charge in [-0.1, -0.05) is 0 Å². The Kier molecular flexibility index (Phi) is 2.36. The normalized spacial score (nSPS) is 9.69. The molecule has 0 spiro atoms. The fourth-order valence-corrected chi connectivity index (χ4v) is 0.839. The van der Waals surface area contributed by atoms with Crippen LogP contribution in [-0.2, 0) is 0 Å². The summed E-state index contributed by atoms with van der Waals surface area (Å²) in [7, 11) is 0. The van der Waals surface area contributed by atoms with Crippen LogP contribution in [0.5, 0.6) is 0 Å². The monoisotopic (exact) mass is 185 g/mol. The maximum absolute atomic E-state index is 12.8. The lowest BCUT2D eigenvalue weighted by Crippen LogP contribution is -2.12. The van der Waals surface area contributed by atoms with Crippen molar-refractivity contribution < 1.29 is 18.4 Å². The molecule has 3 nitrogen and oxygen atoms in total. The zero-order valence-corrected chi connectivity index (χ0v) is 6.38. The molecule has 0 aliphatic heterocycles. The fraction of sp³-hybridized carbons (Fsp3) is 0. The van der Waals surface area contributed by atoms with Crippen LogP contribution in [0, 0.1) is 11.6 Å². The van der Waals surface area contributed by atoms with E-state index < -0.39 is 23.1 Å². The van der Waals surface area contributed by atoms with Gasteiger partial charge in [-0.3, -0.25) is 9.59 Å². The highest BCUT2D eigenvalue weighted by atomic mass is 19.1. The summed E-state index contributed by atoms with van der Waals surface area (Å²) in [5.74, 6) is -3.14. The lowest BCUT2D eigenvalue weighted by Gasteiger charge is -1.99. The highest BCUT2D eigenvalue weighted by Gasteiger charge is 2.12. The summed E-state index contributed by atoms with van der Waals surface area (Å²) < 4.78 is 25.6. The van der Waals surface area contributed by atoms with Crippen molar-refractivity contribution in [1.29, 1.82) is 0 Å². The lowest BCUT2D eigenvalue weighted by atomic mass is 10.1. The first kappa shape index (κ1) is 9.31. The Hall–Kier alpha value is -1.78. The van der Waals surface area contributed by atoms with E-state index in [1.54, 1.807) is 0 Å². The van der Waals surface area contributed by atoms with E-state index in [1.807, 2.05) is 0 Å². The molecular weight excluding hydrogens is 180 g/mol. The molecule has 1 aromatic carbocycles. The Labute approximate surface area is 72.2 Å². The Balaban J connectivity index is 3.36. The summed E-state index contributed by atoms with van der Waals surface area (Å²) in [5.41, 5.74) is 3.77. The van der Waals surface area contributed by atoms with Crippen LogP contribution >= 0.6 is 0 Å². The minimum Gasteiger partial charge on any atom is -0.366 e. The molecule has 0 aromatic heterocycles. The molecule has 5 heteroatoms. The number of carbonyl (C=O) groups is 2. The van der Waals surface area contributed by atoms with Gasteiger partial charge in [0.2, 0.25) is 5.91 Å². The Bertz CT molecular complexity index is 353. The third-order valence-electron chi connectivity index (χ3n) is 1.48. The van der Waals surface area contributed by atoms with Gasteiger partial charge in [0, 0.05) is 5.56 Å².